The number of carbonyl (C=O) groups is 1. The van der Waals surface area contributed by atoms with Gasteiger partial charge in [-0.3, -0.25) is 0 Å². The van der Waals surface area contributed by atoms with Crippen LogP contribution in [0.2, 0.25) is 0 Å². The SMILES string of the molecule is CC[C@H](Nc1nc(N[C@@H]2CN(C(=O)OC(C)(C)C)C[C@H]2F)c2ncn(C)c2n1)[C@@H](C)O. The number of carbonyl (C=O) groups excluding carboxylic acids is 1. The van der Waals surface area contributed by atoms with Crippen LogP contribution in [0, 0.1) is 0 Å². The summed E-state index contributed by atoms with van der Waals surface area (Å²) in [6.45, 7) is 9.04. The van der Waals surface area contributed by atoms with Gasteiger partial charge >= 0.3 is 6.09 Å². The van der Waals surface area contributed by atoms with Gasteiger partial charge in [-0.15, -0.1) is 0 Å². The van der Waals surface area contributed by atoms with E-state index in [1.54, 1.807) is 45.6 Å². The van der Waals surface area contributed by atoms with Gasteiger partial charge in [0.05, 0.1) is 31.1 Å². The van der Waals surface area contributed by atoms with Crippen molar-refractivity contribution in [2.45, 2.75) is 71.0 Å². The molecule has 1 amide bonds. The normalized spacial score (nSPS) is 21.2. The Morgan fingerprint density at radius 1 is 1.39 bits per heavy atom. The molecular formula is C20H32FN7O3. The average molecular weight is 438 g/mol. The number of likely N-dealkylation sites (tertiary alicyclic amines) is 1. The van der Waals surface area contributed by atoms with Gasteiger partial charge in [0, 0.05) is 13.6 Å². The lowest BCUT2D eigenvalue weighted by atomic mass is 10.1. The van der Waals surface area contributed by atoms with E-state index >= 15 is 0 Å². The minimum absolute atomic E-state index is 0.0614. The molecule has 0 radical (unpaired) electrons. The zero-order valence-electron chi connectivity index (χ0n) is 18.9. The number of hydrogen-bond donors (Lipinski definition) is 3. The van der Waals surface area contributed by atoms with Crippen LogP contribution in [-0.2, 0) is 11.8 Å². The first-order chi connectivity index (χ1) is 14.5. The van der Waals surface area contributed by atoms with Crippen molar-refractivity contribution < 1.29 is 19.0 Å². The second-order valence-electron chi connectivity index (χ2n) is 8.98. The molecule has 1 aliphatic rings. The maximum absolute atomic E-state index is 14.8. The number of ether oxygens (including phenoxy) is 1. The van der Waals surface area contributed by atoms with Crippen LogP contribution in [0.25, 0.3) is 11.2 Å². The summed E-state index contributed by atoms with van der Waals surface area (Å²) in [6.07, 6.45) is -0.157. The minimum atomic E-state index is -1.29. The van der Waals surface area contributed by atoms with Crippen molar-refractivity contribution in [3.8, 4) is 0 Å². The number of rotatable bonds is 6. The van der Waals surface area contributed by atoms with Crippen molar-refractivity contribution in [1.29, 1.82) is 0 Å². The summed E-state index contributed by atoms with van der Waals surface area (Å²) in [5.74, 6) is 0.677. The van der Waals surface area contributed by atoms with Crippen molar-refractivity contribution in [2.75, 3.05) is 23.7 Å². The quantitative estimate of drug-likeness (QED) is 0.630. The number of aromatic nitrogens is 4. The predicted molar refractivity (Wildman–Crippen MR) is 116 cm³/mol. The maximum Gasteiger partial charge on any atom is 0.410 e. The van der Waals surface area contributed by atoms with E-state index in [0.29, 0.717) is 29.4 Å². The van der Waals surface area contributed by atoms with Gasteiger partial charge in [0.15, 0.2) is 17.0 Å². The Bertz CT molecular complexity index is 927. The van der Waals surface area contributed by atoms with E-state index < -0.39 is 30.0 Å². The molecule has 3 rings (SSSR count). The van der Waals surface area contributed by atoms with E-state index in [-0.39, 0.29) is 19.1 Å². The van der Waals surface area contributed by atoms with Crippen LogP contribution in [0.1, 0.15) is 41.0 Å². The first-order valence-corrected chi connectivity index (χ1v) is 10.5. The van der Waals surface area contributed by atoms with Crippen molar-refractivity contribution in [2.24, 2.45) is 7.05 Å². The lowest BCUT2D eigenvalue weighted by Gasteiger charge is -2.24. The molecular weight excluding hydrogens is 405 g/mol. The number of alkyl halides is 1. The number of hydrogen-bond acceptors (Lipinski definition) is 8. The highest BCUT2D eigenvalue weighted by Gasteiger charge is 2.38. The minimum Gasteiger partial charge on any atom is -0.444 e. The van der Waals surface area contributed by atoms with Crippen LogP contribution in [-0.4, -0.2) is 78.7 Å². The second kappa shape index (κ2) is 8.81. The van der Waals surface area contributed by atoms with Crippen LogP contribution < -0.4 is 10.6 Å². The number of anilines is 2. The van der Waals surface area contributed by atoms with E-state index in [1.165, 1.54) is 4.90 Å². The average Bonchev–Trinajstić information content (AvgIpc) is 3.22. The molecule has 0 spiro atoms. The molecule has 172 valence electrons. The molecule has 0 aromatic carbocycles. The Labute approximate surface area is 181 Å². The highest BCUT2D eigenvalue weighted by molar-refractivity contribution is 5.84. The fourth-order valence-electron chi connectivity index (χ4n) is 3.45. The highest BCUT2D eigenvalue weighted by Crippen LogP contribution is 2.25. The zero-order valence-corrected chi connectivity index (χ0v) is 18.9. The molecule has 3 N–H and O–H groups in total. The topological polar surface area (TPSA) is 117 Å². The lowest BCUT2D eigenvalue weighted by Crippen LogP contribution is -2.36. The van der Waals surface area contributed by atoms with Gasteiger partial charge in [0.25, 0.3) is 0 Å². The fraction of sp³-hybridized carbons (Fsp3) is 0.700. The summed E-state index contributed by atoms with van der Waals surface area (Å²) < 4.78 is 21.9. The van der Waals surface area contributed by atoms with Gasteiger partial charge in [-0.2, -0.15) is 9.97 Å². The van der Waals surface area contributed by atoms with Crippen LogP contribution in [0.15, 0.2) is 6.33 Å². The van der Waals surface area contributed by atoms with E-state index in [0.717, 1.165) is 0 Å². The number of halogens is 1. The Balaban J connectivity index is 1.83. The Morgan fingerprint density at radius 3 is 2.71 bits per heavy atom. The summed E-state index contributed by atoms with van der Waals surface area (Å²) in [5, 5.41) is 16.2. The zero-order chi connectivity index (χ0) is 22.9. The molecule has 10 nitrogen and oxygen atoms in total. The Hall–Kier alpha value is -2.69. The largest absolute Gasteiger partial charge is 0.444 e. The van der Waals surface area contributed by atoms with Gasteiger partial charge in [0.1, 0.15) is 11.8 Å². The molecule has 0 bridgehead atoms. The molecule has 0 unspecified atom stereocenters. The summed E-state index contributed by atoms with van der Waals surface area (Å²) in [7, 11) is 1.81. The number of amides is 1. The molecule has 4 atom stereocenters. The monoisotopic (exact) mass is 437 g/mol. The summed E-state index contributed by atoms with van der Waals surface area (Å²) in [4.78, 5) is 27.0. The number of nitrogens with one attached hydrogen (secondary N) is 2. The first-order valence-electron chi connectivity index (χ1n) is 10.5. The molecule has 2 aromatic rings. The predicted octanol–water partition coefficient (Wildman–Crippen LogP) is 2.30. The summed E-state index contributed by atoms with van der Waals surface area (Å²) in [6, 6.07) is -0.902. The van der Waals surface area contributed by atoms with Gasteiger partial charge in [-0.1, -0.05) is 6.92 Å². The molecule has 11 heteroatoms. The number of aryl methyl sites for hydroxylation is 1. The summed E-state index contributed by atoms with van der Waals surface area (Å²) in [5.41, 5.74) is 0.417. The van der Waals surface area contributed by atoms with Crippen molar-refractivity contribution in [3.05, 3.63) is 6.33 Å². The number of aliphatic hydroxyl groups is 1. The number of imidazole rings is 1. The van der Waals surface area contributed by atoms with Crippen molar-refractivity contribution >= 4 is 29.0 Å². The van der Waals surface area contributed by atoms with Crippen molar-refractivity contribution in [1.82, 2.24) is 24.4 Å². The van der Waals surface area contributed by atoms with E-state index in [1.807, 2.05) is 6.92 Å². The maximum atomic E-state index is 14.8. The van der Waals surface area contributed by atoms with Crippen LogP contribution in [0.3, 0.4) is 0 Å². The van der Waals surface area contributed by atoms with Gasteiger partial charge < -0.3 is 29.9 Å². The highest BCUT2D eigenvalue weighted by atomic mass is 19.1. The van der Waals surface area contributed by atoms with Gasteiger partial charge in [0.2, 0.25) is 5.95 Å². The third-order valence-corrected chi connectivity index (χ3v) is 5.12. The molecule has 1 aliphatic heterocycles. The Kier molecular flexibility index (Phi) is 6.54. The third kappa shape index (κ3) is 5.33. The number of fused-ring (bicyclic) bond motifs is 1. The lowest BCUT2D eigenvalue weighted by molar-refractivity contribution is 0.0283. The second-order valence-corrected chi connectivity index (χ2v) is 8.98. The number of nitrogens with zero attached hydrogens (tertiary/aromatic N) is 5. The molecule has 31 heavy (non-hydrogen) atoms. The summed E-state index contributed by atoms with van der Waals surface area (Å²) >= 11 is 0. The smallest absolute Gasteiger partial charge is 0.410 e. The number of aliphatic hydroxyl groups excluding tert-OH is 1. The standard InChI is InChI=1S/C20H32FN7O3/c1-7-13(11(2)29)24-18-25-16(15-17(26-18)27(6)10-22-15)23-14-9-28(8-12(14)21)19(30)31-20(3,4)5/h10-14,29H,7-9H2,1-6H3,(H2,23,24,25,26)/t11-,12-,13+,14-/m1/s1. The van der Waals surface area contributed by atoms with E-state index in [9.17, 15) is 14.3 Å². The fourth-order valence-corrected chi connectivity index (χ4v) is 3.45. The molecule has 1 saturated heterocycles. The molecule has 1 fully saturated rings. The van der Waals surface area contributed by atoms with Crippen LogP contribution in [0.4, 0.5) is 21.0 Å². The van der Waals surface area contributed by atoms with Gasteiger partial charge in [-0.05, 0) is 34.1 Å². The molecule has 2 aromatic heterocycles. The molecule has 0 saturated carbocycles. The van der Waals surface area contributed by atoms with Crippen LogP contribution in [0.5, 0.6) is 0 Å². The van der Waals surface area contributed by atoms with E-state index in [4.69, 9.17) is 4.74 Å². The van der Waals surface area contributed by atoms with E-state index in [2.05, 4.69) is 25.6 Å². The molecule has 3 heterocycles. The first kappa shape index (κ1) is 23.0. The Morgan fingerprint density at radius 2 is 2.10 bits per heavy atom. The van der Waals surface area contributed by atoms with Crippen LogP contribution >= 0.6 is 0 Å². The van der Waals surface area contributed by atoms with Gasteiger partial charge in [-0.25, -0.2) is 14.2 Å². The third-order valence-electron chi connectivity index (χ3n) is 5.12. The molecule has 0 aliphatic carbocycles. The van der Waals surface area contributed by atoms with Crippen molar-refractivity contribution in [3.63, 3.8) is 0 Å².